The van der Waals surface area contributed by atoms with Crippen LogP contribution in [0, 0.1) is 12.8 Å². The Bertz CT molecular complexity index is 575. The number of fused-ring (bicyclic) bond motifs is 1. The number of hydrogen-bond acceptors (Lipinski definition) is 5. The average Bonchev–Trinajstić information content (AvgIpc) is 2.80. The number of rotatable bonds is 2. The Morgan fingerprint density at radius 2 is 2.35 bits per heavy atom. The van der Waals surface area contributed by atoms with Crippen molar-refractivity contribution in [3.63, 3.8) is 0 Å². The van der Waals surface area contributed by atoms with Gasteiger partial charge in [0.1, 0.15) is 0 Å². The van der Waals surface area contributed by atoms with E-state index in [1.54, 1.807) is 6.92 Å². The minimum Gasteiger partial charge on any atom is -0.478 e. The van der Waals surface area contributed by atoms with Crippen molar-refractivity contribution in [1.29, 1.82) is 0 Å². The van der Waals surface area contributed by atoms with Crippen LogP contribution in [0.4, 0.5) is 5.95 Å². The number of amides is 1. The van der Waals surface area contributed by atoms with Crippen molar-refractivity contribution >= 4 is 17.8 Å². The van der Waals surface area contributed by atoms with E-state index < -0.39 is 5.97 Å². The third-order valence-electron chi connectivity index (χ3n) is 4.06. The third-order valence-corrected chi connectivity index (χ3v) is 4.06. The summed E-state index contributed by atoms with van der Waals surface area (Å²) in [7, 11) is 0. The van der Waals surface area contributed by atoms with Crippen molar-refractivity contribution < 1.29 is 14.7 Å². The highest BCUT2D eigenvalue weighted by Gasteiger charge is 2.41. The van der Waals surface area contributed by atoms with Gasteiger partial charge < -0.3 is 15.3 Å². The fourth-order valence-electron chi connectivity index (χ4n) is 3.00. The standard InChI is InChI=1S/C13H16N4O3/c1-7-9(12(19)20)5-15-13(16-7)17-4-2-3-8-10(17)6-14-11(8)18/h5,8,10H,2-4,6H2,1H3,(H,14,18)(H,19,20). The van der Waals surface area contributed by atoms with Gasteiger partial charge in [-0.25, -0.2) is 14.8 Å². The second kappa shape index (κ2) is 4.73. The van der Waals surface area contributed by atoms with Crippen molar-refractivity contribution in [2.45, 2.75) is 25.8 Å². The predicted molar refractivity (Wildman–Crippen MR) is 70.6 cm³/mol. The Kier molecular flexibility index (Phi) is 3.04. The van der Waals surface area contributed by atoms with Crippen molar-refractivity contribution in [1.82, 2.24) is 15.3 Å². The van der Waals surface area contributed by atoms with Gasteiger partial charge in [-0.2, -0.15) is 0 Å². The molecule has 20 heavy (non-hydrogen) atoms. The van der Waals surface area contributed by atoms with Crippen molar-refractivity contribution in [2.75, 3.05) is 18.0 Å². The molecule has 2 atom stereocenters. The zero-order valence-corrected chi connectivity index (χ0v) is 11.2. The van der Waals surface area contributed by atoms with Gasteiger partial charge in [0, 0.05) is 19.3 Å². The number of hydrogen-bond donors (Lipinski definition) is 2. The number of anilines is 1. The summed E-state index contributed by atoms with van der Waals surface area (Å²) in [6, 6.07) is 0.0753. The number of carbonyl (C=O) groups is 2. The summed E-state index contributed by atoms with van der Waals surface area (Å²) >= 11 is 0. The van der Waals surface area contributed by atoms with E-state index in [-0.39, 0.29) is 23.4 Å². The number of carboxylic acid groups (broad SMARTS) is 1. The van der Waals surface area contributed by atoms with Gasteiger partial charge in [0.2, 0.25) is 11.9 Å². The first-order valence-electron chi connectivity index (χ1n) is 6.69. The summed E-state index contributed by atoms with van der Waals surface area (Å²) in [5, 5.41) is 11.9. The lowest BCUT2D eigenvalue weighted by atomic mass is 9.92. The summed E-state index contributed by atoms with van der Waals surface area (Å²) in [4.78, 5) is 33.2. The summed E-state index contributed by atoms with van der Waals surface area (Å²) in [5.41, 5.74) is 0.560. The molecule has 0 aromatic carbocycles. The highest BCUT2D eigenvalue weighted by atomic mass is 16.4. The van der Waals surface area contributed by atoms with E-state index in [9.17, 15) is 9.59 Å². The number of nitrogens with zero attached hydrogens (tertiary/aromatic N) is 3. The van der Waals surface area contributed by atoms with Crippen LogP contribution in [0.5, 0.6) is 0 Å². The van der Waals surface area contributed by atoms with Crippen LogP contribution in [0.15, 0.2) is 6.20 Å². The van der Waals surface area contributed by atoms with Crippen molar-refractivity contribution in [2.24, 2.45) is 5.92 Å². The highest BCUT2D eigenvalue weighted by molar-refractivity contribution is 5.88. The van der Waals surface area contributed by atoms with E-state index in [0.717, 1.165) is 19.4 Å². The maximum atomic E-state index is 11.7. The molecule has 1 aromatic heterocycles. The van der Waals surface area contributed by atoms with E-state index in [0.29, 0.717) is 18.2 Å². The zero-order chi connectivity index (χ0) is 14.3. The maximum Gasteiger partial charge on any atom is 0.339 e. The first kappa shape index (κ1) is 12.8. The van der Waals surface area contributed by atoms with Gasteiger partial charge in [0.25, 0.3) is 0 Å². The molecule has 2 aliphatic rings. The number of aromatic nitrogens is 2. The minimum absolute atomic E-state index is 0.00759. The highest BCUT2D eigenvalue weighted by Crippen LogP contribution is 2.29. The molecule has 2 aliphatic heterocycles. The molecule has 0 bridgehead atoms. The molecule has 0 aliphatic carbocycles. The van der Waals surface area contributed by atoms with Crippen LogP contribution in [-0.2, 0) is 4.79 Å². The summed E-state index contributed by atoms with van der Waals surface area (Å²) in [6.45, 7) is 3.06. The minimum atomic E-state index is -1.02. The van der Waals surface area contributed by atoms with Crippen LogP contribution >= 0.6 is 0 Å². The Labute approximate surface area is 116 Å². The van der Waals surface area contributed by atoms with E-state index in [1.807, 2.05) is 4.90 Å². The van der Waals surface area contributed by atoms with Gasteiger partial charge in [0.15, 0.2) is 0 Å². The Morgan fingerprint density at radius 1 is 1.55 bits per heavy atom. The molecule has 1 aromatic rings. The number of nitrogens with one attached hydrogen (secondary N) is 1. The van der Waals surface area contributed by atoms with Crippen LogP contribution in [-0.4, -0.2) is 46.1 Å². The lowest BCUT2D eigenvalue weighted by Crippen LogP contribution is -2.46. The number of aromatic carboxylic acids is 1. The molecule has 1 amide bonds. The van der Waals surface area contributed by atoms with Crippen LogP contribution in [0.2, 0.25) is 0 Å². The molecule has 2 fully saturated rings. The van der Waals surface area contributed by atoms with Crippen LogP contribution in [0.1, 0.15) is 28.9 Å². The molecular weight excluding hydrogens is 260 g/mol. The molecule has 3 rings (SSSR count). The fraction of sp³-hybridized carbons (Fsp3) is 0.538. The molecule has 2 N–H and O–H groups in total. The largest absolute Gasteiger partial charge is 0.478 e. The van der Waals surface area contributed by atoms with Crippen LogP contribution < -0.4 is 10.2 Å². The first-order valence-corrected chi connectivity index (χ1v) is 6.69. The number of carboxylic acids is 1. The van der Waals surface area contributed by atoms with Crippen LogP contribution in [0.25, 0.3) is 0 Å². The maximum absolute atomic E-state index is 11.7. The number of carbonyl (C=O) groups excluding carboxylic acids is 1. The molecule has 2 saturated heterocycles. The molecule has 3 heterocycles. The monoisotopic (exact) mass is 276 g/mol. The Morgan fingerprint density at radius 3 is 3.05 bits per heavy atom. The lowest BCUT2D eigenvalue weighted by molar-refractivity contribution is -0.123. The Balaban J connectivity index is 1.90. The van der Waals surface area contributed by atoms with Crippen molar-refractivity contribution in [3.05, 3.63) is 17.5 Å². The predicted octanol–water partition coefficient (Wildman–Crippen LogP) is 0.198. The zero-order valence-electron chi connectivity index (χ0n) is 11.2. The van der Waals surface area contributed by atoms with E-state index in [4.69, 9.17) is 5.11 Å². The second-order valence-corrected chi connectivity index (χ2v) is 5.23. The van der Waals surface area contributed by atoms with Gasteiger partial charge in [-0.3, -0.25) is 4.79 Å². The third kappa shape index (κ3) is 1.99. The van der Waals surface area contributed by atoms with E-state index in [1.165, 1.54) is 6.20 Å². The van der Waals surface area contributed by atoms with E-state index >= 15 is 0 Å². The second-order valence-electron chi connectivity index (χ2n) is 5.23. The number of aryl methyl sites for hydroxylation is 1. The van der Waals surface area contributed by atoms with Gasteiger partial charge in [0.05, 0.1) is 23.2 Å². The van der Waals surface area contributed by atoms with Gasteiger partial charge in [-0.1, -0.05) is 0 Å². The summed E-state index contributed by atoms with van der Waals surface area (Å²) in [5.74, 6) is -0.424. The molecular formula is C13H16N4O3. The fourth-order valence-corrected chi connectivity index (χ4v) is 3.00. The quantitative estimate of drug-likeness (QED) is 0.801. The van der Waals surface area contributed by atoms with Gasteiger partial charge in [-0.15, -0.1) is 0 Å². The first-order chi connectivity index (χ1) is 9.58. The molecule has 7 nitrogen and oxygen atoms in total. The topological polar surface area (TPSA) is 95.4 Å². The smallest absolute Gasteiger partial charge is 0.339 e. The molecule has 0 saturated carbocycles. The lowest BCUT2D eigenvalue weighted by Gasteiger charge is -2.35. The Hall–Kier alpha value is -2.18. The molecule has 7 heteroatoms. The average molecular weight is 276 g/mol. The molecule has 106 valence electrons. The number of piperidine rings is 1. The molecule has 0 spiro atoms. The SMILES string of the molecule is Cc1nc(N2CCCC3C(=O)NCC32)ncc1C(=O)O. The van der Waals surface area contributed by atoms with E-state index in [2.05, 4.69) is 15.3 Å². The summed E-state index contributed by atoms with van der Waals surface area (Å²) in [6.07, 6.45) is 3.14. The van der Waals surface area contributed by atoms with Crippen LogP contribution in [0.3, 0.4) is 0 Å². The van der Waals surface area contributed by atoms with Gasteiger partial charge in [-0.05, 0) is 19.8 Å². The molecule has 2 unspecified atom stereocenters. The summed E-state index contributed by atoms with van der Waals surface area (Å²) < 4.78 is 0. The van der Waals surface area contributed by atoms with Crippen molar-refractivity contribution in [3.8, 4) is 0 Å². The molecule has 0 radical (unpaired) electrons. The van der Waals surface area contributed by atoms with Gasteiger partial charge >= 0.3 is 5.97 Å². The normalized spacial score (nSPS) is 25.2.